The summed E-state index contributed by atoms with van der Waals surface area (Å²) in [7, 11) is 2.19. The molecule has 1 aliphatic carbocycles. The Hall–Kier alpha value is 0.270. The van der Waals surface area contributed by atoms with Gasteiger partial charge in [-0.05, 0) is 45.9 Å². The third kappa shape index (κ3) is 3.44. The highest BCUT2D eigenvalue weighted by Crippen LogP contribution is 2.38. The normalized spacial score (nSPS) is 23.6. The van der Waals surface area contributed by atoms with Gasteiger partial charge < -0.3 is 10.6 Å². The Morgan fingerprint density at radius 2 is 2.14 bits per heavy atom. The van der Waals surface area contributed by atoms with Crippen LogP contribution in [0, 0.1) is 5.92 Å². The summed E-state index contributed by atoms with van der Waals surface area (Å²) in [6, 6.07) is 0.631. The molecule has 2 atom stereocenters. The van der Waals surface area contributed by atoms with E-state index in [9.17, 15) is 0 Å². The molecule has 0 amide bonds. The van der Waals surface area contributed by atoms with Gasteiger partial charge in [0.05, 0.1) is 0 Å². The Morgan fingerprint density at radius 3 is 2.57 bits per heavy atom. The lowest BCUT2D eigenvalue weighted by Gasteiger charge is -2.33. The minimum atomic E-state index is 0.0292. The molecule has 0 bridgehead atoms. The van der Waals surface area contributed by atoms with Gasteiger partial charge in [0, 0.05) is 23.9 Å². The van der Waals surface area contributed by atoms with Crippen LogP contribution in [-0.2, 0) is 0 Å². The molecule has 0 spiro atoms. The van der Waals surface area contributed by atoms with E-state index in [0.717, 1.165) is 12.5 Å². The number of thioether (sulfide) groups is 1. The number of nitrogens with zero attached hydrogens (tertiary/aromatic N) is 1. The van der Waals surface area contributed by atoms with E-state index in [1.807, 2.05) is 11.8 Å². The maximum absolute atomic E-state index is 6.31. The van der Waals surface area contributed by atoms with Gasteiger partial charge in [-0.3, -0.25) is 0 Å². The molecule has 14 heavy (non-hydrogen) atoms. The van der Waals surface area contributed by atoms with Gasteiger partial charge in [0.1, 0.15) is 0 Å². The van der Waals surface area contributed by atoms with E-state index in [-0.39, 0.29) is 5.54 Å². The minimum absolute atomic E-state index is 0.0292. The van der Waals surface area contributed by atoms with Crippen LogP contribution in [0.3, 0.4) is 0 Å². The van der Waals surface area contributed by atoms with Crippen LogP contribution in [0.25, 0.3) is 0 Å². The first kappa shape index (κ1) is 12.3. The van der Waals surface area contributed by atoms with Crippen molar-refractivity contribution >= 4 is 11.8 Å². The zero-order valence-electron chi connectivity index (χ0n) is 9.92. The minimum Gasteiger partial charge on any atom is -0.324 e. The largest absolute Gasteiger partial charge is 0.324 e. The topological polar surface area (TPSA) is 29.3 Å². The molecule has 2 N–H and O–H groups in total. The second kappa shape index (κ2) is 4.86. The van der Waals surface area contributed by atoms with E-state index >= 15 is 0 Å². The zero-order valence-corrected chi connectivity index (χ0v) is 10.7. The fourth-order valence-corrected chi connectivity index (χ4v) is 2.67. The molecule has 2 nitrogen and oxygen atoms in total. The van der Waals surface area contributed by atoms with E-state index in [2.05, 4.69) is 32.1 Å². The Kier molecular flexibility index (Phi) is 4.29. The average molecular weight is 216 g/mol. The first-order valence-electron chi connectivity index (χ1n) is 5.45. The standard InChI is InChI=1S/C11H24N2S/c1-9(7-14-4)13(3)8-11(2,12)10-5-6-10/h9-10H,5-8,12H2,1-4H3. The first-order valence-corrected chi connectivity index (χ1v) is 6.85. The van der Waals surface area contributed by atoms with Gasteiger partial charge in [0.15, 0.2) is 0 Å². The maximum Gasteiger partial charge on any atom is 0.0283 e. The van der Waals surface area contributed by atoms with Crippen molar-refractivity contribution in [3.8, 4) is 0 Å². The van der Waals surface area contributed by atoms with Crippen LogP contribution in [0.1, 0.15) is 26.7 Å². The lowest BCUT2D eigenvalue weighted by molar-refractivity contribution is 0.204. The van der Waals surface area contributed by atoms with Crippen molar-refractivity contribution in [3.05, 3.63) is 0 Å². The molecule has 0 radical (unpaired) electrons. The van der Waals surface area contributed by atoms with Crippen molar-refractivity contribution in [2.75, 3.05) is 25.6 Å². The molecule has 0 aromatic carbocycles. The monoisotopic (exact) mass is 216 g/mol. The molecule has 1 fully saturated rings. The number of hydrogen-bond acceptors (Lipinski definition) is 3. The number of rotatable bonds is 6. The Bertz CT molecular complexity index is 178. The molecule has 0 aliphatic heterocycles. The molecule has 1 aliphatic rings. The summed E-state index contributed by atoms with van der Waals surface area (Å²) in [4.78, 5) is 2.40. The fourth-order valence-electron chi connectivity index (χ4n) is 1.93. The number of likely N-dealkylation sites (N-methyl/N-ethyl adjacent to an activating group) is 1. The number of hydrogen-bond donors (Lipinski definition) is 1. The summed E-state index contributed by atoms with van der Waals surface area (Å²) < 4.78 is 0. The second-order valence-electron chi connectivity index (χ2n) is 5.00. The predicted molar refractivity (Wildman–Crippen MR) is 65.8 cm³/mol. The molecule has 3 heteroatoms. The number of nitrogens with two attached hydrogens (primary N) is 1. The second-order valence-corrected chi connectivity index (χ2v) is 5.91. The third-order valence-corrected chi connectivity index (χ3v) is 4.08. The highest BCUT2D eigenvalue weighted by atomic mass is 32.2. The van der Waals surface area contributed by atoms with Crippen molar-refractivity contribution in [1.82, 2.24) is 4.90 Å². The Balaban J connectivity index is 2.34. The first-order chi connectivity index (χ1) is 6.47. The summed E-state index contributed by atoms with van der Waals surface area (Å²) in [5.41, 5.74) is 6.34. The molecular formula is C11H24N2S. The zero-order chi connectivity index (χ0) is 10.8. The van der Waals surface area contributed by atoms with Crippen LogP contribution in [0.2, 0.25) is 0 Å². The van der Waals surface area contributed by atoms with Crippen molar-refractivity contribution in [2.45, 2.75) is 38.3 Å². The van der Waals surface area contributed by atoms with Crippen LogP contribution in [-0.4, -0.2) is 42.1 Å². The molecule has 0 aromatic rings. The van der Waals surface area contributed by atoms with E-state index in [1.54, 1.807) is 0 Å². The summed E-state index contributed by atoms with van der Waals surface area (Å²) in [5.74, 6) is 1.96. The molecule has 1 rings (SSSR count). The lowest BCUT2D eigenvalue weighted by atomic mass is 9.96. The van der Waals surface area contributed by atoms with Crippen molar-refractivity contribution in [3.63, 3.8) is 0 Å². The molecule has 0 aromatic heterocycles. The van der Waals surface area contributed by atoms with Crippen LogP contribution >= 0.6 is 11.8 Å². The van der Waals surface area contributed by atoms with Crippen LogP contribution in [0.5, 0.6) is 0 Å². The molecule has 0 saturated heterocycles. The molecule has 1 saturated carbocycles. The van der Waals surface area contributed by atoms with Crippen LogP contribution in [0.15, 0.2) is 0 Å². The average Bonchev–Trinajstić information content (AvgIpc) is 2.85. The van der Waals surface area contributed by atoms with Gasteiger partial charge in [-0.25, -0.2) is 0 Å². The van der Waals surface area contributed by atoms with Gasteiger partial charge in [0.2, 0.25) is 0 Å². The maximum atomic E-state index is 6.31. The van der Waals surface area contributed by atoms with E-state index in [0.29, 0.717) is 6.04 Å². The summed E-state index contributed by atoms with van der Waals surface area (Å²) in [5, 5.41) is 0. The molecule has 0 heterocycles. The molecule has 84 valence electrons. The quantitative estimate of drug-likeness (QED) is 0.734. The Morgan fingerprint density at radius 1 is 1.57 bits per heavy atom. The van der Waals surface area contributed by atoms with Crippen LogP contribution < -0.4 is 5.73 Å². The predicted octanol–water partition coefficient (Wildman–Crippen LogP) is 1.80. The summed E-state index contributed by atoms with van der Waals surface area (Å²) in [6.45, 7) is 5.51. The summed E-state index contributed by atoms with van der Waals surface area (Å²) >= 11 is 1.91. The fraction of sp³-hybridized carbons (Fsp3) is 1.00. The van der Waals surface area contributed by atoms with Crippen molar-refractivity contribution < 1.29 is 0 Å². The highest BCUT2D eigenvalue weighted by molar-refractivity contribution is 7.98. The van der Waals surface area contributed by atoms with Gasteiger partial charge in [-0.2, -0.15) is 11.8 Å². The van der Waals surface area contributed by atoms with Gasteiger partial charge in [-0.1, -0.05) is 0 Å². The Labute approximate surface area is 92.6 Å². The van der Waals surface area contributed by atoms with Crippen LogP contribution in [0.4, 0.5) is 0 Å². The van der Waals surface area contributed by atoms with E-state index < -0.39 is 0 Å². The smallest absolute Gasteiger partial charge is 0.0283 e. The molecule has 2 unspecified atom stereocenters. The van der Waals surface area contributed by atoms with Gasteiger partial charge in [0.25, 0.3) is 0 Å². The van der Waals surface area contributed by atoms with Gasteiger partial charge >= 0.3 is 0 Å². The van der Waals surface area contributed by atoms with E-state index in [1.165, 1.54) is 18.6 Å². The molecular weight excluding hydrogens is 192 g/mol. The summed E-state index contributed by atoms with van der Waals surface area (Å²) in [6.07, 6.45) is 4.82. The third-order valence-electron chi connectivity index (χ3n) is 3.26. The van der Waals surface area contributed by atoms with Crippen molar-refractivity contribution in [1.29, 1.82) is 0 Å². The van der Waals surface area contributed by atoms with E-state index in [4.69, 9.17) is 5.73 Å². The SMILES string of the molecule is CSCC(C)N(C)CC(C)(N)C1CC1. The van der Waals surface area contributed by atoms with Gasteiger partial charge in [-0.15, -0.1) is 0 Å². The highest BCUT2D eigenvalue weighted by Gasteiger charge is 2.39. The van der Waals surface area contributed by atoms with Crippen molar-refractivity contribution in [2.24, 2.45) is 11.7 Å². The lowest BCUT2D eigenvalue weighted by Crippen LogP contribution is -2.51.